The summed E-state index contributed by atoms with van der Waals surface area (Å²) in [4.78, 5) is 17.7. The fourth-order valence-electron chi connectivity index (χ4n) is 3.86. The maximum absolute atomic E-state index is 13.1. The lowest BCUT2D eigenvalue weighted by Crippen LogP contribution is -2.60. The number of carbonyl (C=O) groups is 1. The van der Waals surface area contributed by atoms with E-state index in [0.29, 0.717) is 18.0 Å². The first-order valence-corrected chi connectivity index (χ1v) is 8.22. The Morgan fingerprint density at radius 2 is 1.75 bits per heavy atom. The van der Waals surface area contributed by atoms with Crippen LogP contribution >= 0.6 is 0 Å². The van der Waals surface area contributed by atoms with E-state index < -0.39 is 0 Å². The van der Waals surface area contributed by atoms with Crippen LogP contribution in [-0.4, -0.2) is 61.0 Å². The summed E-state index contributed by atoms with van der Waals surface area (Å²) in [5.41, 5.74) is -0.0879. The van der Waals surface area contributed by atoms with Crippen LogP contribution in [0, 0.1) is 5.41 Å². The van der Waals surface area contributed by atoms with Crippen molar-refractivity contribution in [1.29, 1.82) is 0 Å². The Morgan fingerprint density at radius 3 is 2.25 bits per heavy atom. The van der Waals surface area contributed by atoms with Crippen molar-refractivity contribution in [2.75, 3.05) is 33.2 Å². The molecule has 2 atom stereocenters. The van der Waals surface area contributed by atoms with Crippen LogP contribution in [0.3, 0.4) is 0 Å². The molecule has 2 unspecified atom stereocenters. The number of rotatable bonds is 3. The second-order valence-corrected chi connectivity index (χ2v) is 6.85. The number of likely N-dealkylation sites (N-methyl/N-ethyl adjacent to an activating group) is 1. The molecule has 0 aromatic rings. The molecule has 0 bridgehead atoms. The zero-order chi connectivity index (χ0) is 14.8. The molecule has 0 spiro atoms. The summed E-state index contributed by atoms with van der Waals surface area (Å²) >= 11 is 0. The minimum atomic E-state index is -0.0879. The number of piperidine rings is 1. The van der Waals surface area contributed by atoms with E-state index in [1.54, 1.807) is 0 Å². The van der Waals surface area contributed by atoms with E-state index in [1.165, 1.54) is 0 Å². The molecule has 4 heteroatoms. The van der Waals surface area contributed by atoms with Gasteiger partial charge in [0.2, 0.25) is 5.91 Å². The van der Waals surface area contributed by atoms with Crippen LogP contribution in [0.25, 0.3) is 0 Å². The summed E-state index contributed by atoms with van der Waals surface area (Å²) in [5, 5.41) is 3.40. The van der Waals surface area contributed by atoms with Crippen molar-refractivity contribution in [3.8, 4) is 0 Å². The summed E-state index contributed by atoms with van der Waals surface area (Å²) < 4.78 is 0. The smallest absolute Gasteiger partial charge is 0.228 e. The third-order valence-electron chi connectivity index (χ3n) is 5.39. The van der Waals surface area contributed by atoms with Crippen molar-refractivity contribution in [3.05, 3.63) is 0 Å². The number of carbonyl (C=O) groups excluding carboxylic acids is 1. The van der Waals surface area contributed by atoms with Crippen LogP contribution in [-0.2, 0) is 4.79 Å². The van der Waals surface area contributed by atoms with E-state index in [-0.39, 0.29) is 5.41 Å². The van der Waals surface area contributed by atoms with Crippen LogP contribution in [0.4, 0.5) is 0 Å². The molecule has 2 saturated heterocycles. The standard InChI is InChI=1S/C16H31N3O/c1-5-6-16(7-9-17-10-8-16)15(20)19-11-13(2)18(4)14(3)12-19/h13-14,17H,5-12H2,1-4H3. The van der Waals surface area contributed by atoms with Crippen molar-refractivity contribution >= 4 is 5.91 Å². The van der Waals surface area contributed by atoms with Crippen molar-refractivity contribution in [1.82, 2.24) is 15.1 Å². The Bertz CT molecular complexity index is 321. The van der Waals surface area contributed by atoms with Gasteiger partial charge in [-0.25, -0.2) is 0 Å². The Labute approximate surface area is 123 Å². The first kappa shape index (κ1) is 15.8. The lowest BCUT2D eigenvalue weighted by Gasteiger charge is -2.47. The summed E-state index contributed by atoms with van der Waals surface area (Å²) in [5.74, 6) is 0.424. The average Bonchev–Trinajstić information content (AvgIpc) is 2.44. The van der Waals surface area contributed by atoms with Crippen LogP contribution in [0.15, 0.2) is 0 Å². The molecule has 4 nitrogen and oxygen atoms in total. The molecule has 0 saturated carbocycles. The van der Waals surface area contributed by atoms with Gasteiger partial charge in [-0.2, -0.15) is 0 Å². The molecule has 116 valence electrons. The van der Waals surface area contributed by atoms with Crippen molar-refractivity contribution < 1.29 is 4.79 Å². The molecule has 0 radical (unpaired) electrons. The van der Waals surface area contributed by atoms with Crippen LogP contribution in [0.5, 0.6) is 0 Å². The predicted molar refractivity (Wildman–Crippen MR) is 82.7 cm³/mol. The maximum Gasteiger partial charge on any atom is 0.228 e. The summed E-state index contributed by atoms with van der Waals surface area (Å²) in [6.07, 6.45) is 4.16. The zero-order valence-electron chi connectivity index (χ0n) is 13.6. The number of hydrogen-bond acceptors (Lipinski definition) is 3. The van der Waals surface area contributed by atoms with Gasteiger partial charge in [-0.05, 0) is 53.2 Å². The molecule has 0 aromatic heterocycles. The number of piperazine rings is 1. The Kier molecular flexibility index (Phi) is 5.08. The molecular formula is C16H31N3O. The summed E-state index contributed by atoms with van der Waals surface area (Å²) in [6.45, 7) is 10.4. The van der Waals surface area contributed by atoms with Gasteiger partial charge in [0.05, 0.1) is 5.41 Å². The minimum absolute atomic E-state index is 0.0879. The van der Waals surface area contributed by atoms with Gasteiger partial charge >= 0.3 is 0 Å². The third kappa shape index (κ3) is 3.01. The highest BCUT2D eigenvalue weighted by Gasteiger charge is 2.43. The molecule has 1 N–H and O–H groups in total. The monoisotopic (exact) mass is 281 g/mol. The number of hydrogen-bond donors (Lipinski definition) is 1. The highest BCUT2D eigenvalue weighted by atomic mass is 16.2. The quantitative estimate of drug-likeness (QED) is 0.855. The van der Waals surface area contributed by atoms with Gasteiger partial charge in [-0.15, -0.1) is 0 Å². The molecule has 2 aliphatic heterocycles. The van der Waals surface area contributed by atoms with E-state index in [4.69, 9.17) is 0 Å². The van der Waals surface area contributed by atoms with Gasteiger partial charge in [-0.1, -0.05) is 13.3 Å². The topological polar surface area (TPSA) is 35.6 Å². The van der Waals surface area contributed by atoms with E-state index in [2.05, 4.69) is 42.9 Å². The minimum Gasteiger partial charge on any atom is -0.339 e. The molecule has 2 fully saturated rings. The van der Waals surface area contributed by atoms with E-state index >= 15 is 0 Å². The highest BCUT2D eigenvalue weighted by molar-refractivity contribution is 5.83. The predicted octanol–water partition coefficient (Wildman–Crippen LogP) is 1.71. The van der Waals surface area contributed by atoms with Gasteiger partial charge in [0, 0.05) is 25.2 Å². The zero-order valence-corrected chi connectivity index (χ0v) is 13.6. The average molecular weight is 281 g/mol. The van der Waals surface area contributed by atoms with E-state index in [9.17, 15) is 4.79 Å². The normalized spacial score (nSPS) is 31.3. The van der Waals surface area contributed by atoms with E-state index in [1.807, 2.05) is 0 Å². The van der Waals surface area contributed by atoms with E-state index in [0.717, 1.165) is 51.9 Å². The van der Waals surface area contributed by atoms with Crippen LogP contribution in [0.1, 0.15) is 46.5 Å². The molecule has 2 aliphatic rings. The molecule has 1 amide bonds. The number of amides is 1. The first-order valence-electron chi connectivity index (χ1n) is 8.22. The van der Waals surface area contributed by atoms with Crippen molar-refractivity contribution in [2.24, 2.45) is 5.41 Å². The van der Waals surface area contributed by atoms with Gasteiger partial charge in [0.25, 0.3) is 0 Å². The van der Waals surface area contributed by atoms with Gasteiger partial charge in [0.1, 0.15) is 0 Å². The largest absolute Gasteiger partial charge is 0.339 e. The Balaban J connectivity index is 2.11. The molecule has 20 heavy (non-hydrogen) atoms. The second kappa shape index (κ2) is 6.44. The summed E-state index contributed by atoms with van der Waals surface area (Å²) in [6, 6.07) is 0.922. The fraction of sp³-hybridized carbons (Fsp3) is 0.938. The summed E-state index contributed by atoms with van der Waals surface area (Å²) in [7, 11) is 2.17. The van der Waals surface area contributed by atoms with Crippen molar-refractivity contribution in [3.63, 3.8) is 0 Å². The Hall–Kier alpha value is -0.610. The molecule has 2 heterocycles. The molecular weight excluding hydrogens is 250 g/mol. The van der Waals surface area contributed by atoms with Crippen LogP contribution < -0.4 is 5.32 Å². The lowest BCUT2D eigenvalue weighted by atomic mass is 9.74. The molecule has 0 aliphatic carbocycles. The lowest BCUT2D eigenvalue weighted by molar-refractivity contribution is -0.148. The highest BCUT2D eigenvalue weighted by Crippen LogP contribution is 2.37. The number of nitrogens with one attached hydrogen (secondary N) is 1. The van der Waals surface area contributed by atoms with Crippen molar-refractivity contribution in [2.45, 2.75) is 58.5 Å². The SMILES string of the molecule is CCCC1(C(=O)N2CC(C)N(C)C(C)C2)CCNCC1. The number of nitrogens with zero attached hydrogens (tertiary/aromatic N) is 2. The molecule has 0 aromatic carbocycles. The fourth-order valence-corrected chi connectivity index (χ4v) is 3.86. The van der Waals surface area contributed by atoms with Crippen LogP contribution in [0.2, 0.25) is 0 Å². The third-order valence-corrected chi connectivity index (χ3v) is 5.39. The molecule has 2 rings (SSSR count). The maximum atomic E-state index is 13.1. The first-order chi connectivity index (χ1) is 9.50. The van der Waals surface area contributed by atoms with Gasteiger partial charge in [-0.3, -0.25) is 9.69 Å². The van der Waals surface area contributed by atoms with Gasteiger partial charge < -0.3 is 10.2 Å². The Morgan fingerprint density at radius 1 is 1.20 bits per heavy atom. The second-order valence-electron chi connectivity index (χ2n) is 6.85. The van der Waals surface area contributed by atoms with Gasteiger partial charge in [0.15, 0.2) is 0 Å².